The zero-order valence-electron chi connectivity index (χ0n) is 16.3. The first-order chi connectivity index (χ1) is 13.9. The van der Waals surface area contributed by atoms with Gasteiger partial charge in [-0.3, -0.25) is 24.5 Å². The van der Waals surface area contributed by atoms with E-state index in [-0.39, 0.29) is 23.8 Å². The van der Waals surface area contributed by atoms with Crippen LogP contribution in [0.1, 0.15) is 36.3 Å². The minimum Gasteiger partial charge on any atom is -0.348 e. The summed E-state index contributed by atoms with van der Waals surface area (Å²) in [6.07, 6.45) is 3.57. The minimum absolute atomic E-state index is 0.0535. The molecule has 2 amide bonds. The molecule has 2 atom stereocenters. The molecule has 4 heterocycles. The zero-order valence-corrected chi connectivity index (χ0v) is 16.3. The van der Waals surface area contributed by atoms with E-state index in [4.69, 9.17) is 0 Å². The third-order valence-corrected chi connectivity index (χ3v) is 5.08. The third-order valence-electron chi connectivity index (χ3n) is 5.08. The minimum atomic E-state index is -0.446. The monoisotopic (exact) mass is 394 g/mol. The van der Waals surface area contributed by atoms with Gasteiger partial charge in [0.25, 0.3) is 5.56 Å². The number of amides is 2. The lowest BCUT2D eigenvalue weighted by Gasteiger charge is -2.18. The van der Waals surface area contributed by atoms with Crippen molar-refractivity contribution in [2.24, 2.45) is 5.92 Å². The van der Waals surface area contributed by atoms with E-state index in [0.29, 0.717) is 24.4 Å². The van der Waals surface area contributed by atoms with Crippen LogP contribution in [0.5, 0.6) is 0 Å². The molecule has 9 nitrogen and oxygen atoms in total. The lowest BCUT2D eigenvalue weighted by molar-refractivity contribution is -0.129. The summed E-state index contributed by atoms with van der Waals surface area (Å²) in [5, 5.41) is 5.81. The average Bonchev–Trinajstić information content (AvgIpc) is 3.25. The van der Waals surface area contributed by atoms with E-state index < -0.39 is 12.0 Å². The Morgan fingerprint density at radius 2 is 2.21 bits per heavy atom. The van der Waals surface area contributed by atoms with E-state index in [1.807, 2.05) is 19.1 Å². The predicted molar refractivity (Wildman–Crippen MR) is 105 cm³/mol. The number of likely N-dealkylation sites (tertiary alicyclic amines) is 1. The van der Waals surface area contributed by atoms with Crippen LogP contribution in [-0.2, 0) is 16.1 Å². The number of carbonyl (C=O) groups is 2. The van der Waals surface area contributed by atoms with Crippen molar-refractivity contribution < 1.29 is 9.59 Å². The number of H-pyrrole nitrogens is 1. The van der Waals surface area contributed by atoms with Gasteiger partial charge in [0, 0.05) is 49.7 Å². The van der Waals surface area contributed by atoms with Crippen molar-refractivity contribution in [3.05, 3.63) is 64.0 Å². The van der Waals surface area contributed by atoms with Gasteiger partial charge in [-0.1, -0.05) is 6.07 Å². The maximum Gasteiger partial charge on any atom is 0.272 e. The van der Waals surface area contributed by atoms with Gasteiger partial charge in [-0.2, -0.15) is 0 Å². The highest BCUT2D eigenvalue weighted by Crippen LogP contribution is 2.21. The first-order valence-corrected chi connectivity index (χ1v) is 9.47. The van der Waals surface area contributed by atoms with Crippen LogP contribution in [0.25, 0.3) is 5.65 Å². The maximum absolute atomic E-state index is 12.7. The summed E-state index contributed by atoms with van der Waals surface area (Å²) >= 11 is 0. The van der Waals surface area contributed by atoms with E-state index in [1.165, 1.54) is 10.6 Å². The van der Waals surface area contributed by atoms with Crippen molar-refractivity contribution in [2.45, 2.75) is 32.9 Å². The second kappa shape index (κ2) is 7.50. The van der Waals surface area contributed by atoms with Crippen molar-refractivity contribution in [1.29, 1.82) is 0 Å². The molecule has 4 rings (SSSR count). The van der Waals surface area contributed by atoms with Gasteiger partial charge in [0.15, 0.2) is 5.65 Å². The Morgan fingerprint density at radius 3 is 2.97 bits per heavy atom. The Balaban J connectivity index is 1.42. The smallest absolute Gasteiger partial charge is 0.272 e. The summed E-state index contributed by atoms with van der Waals surface area (Å²) in [7, 11) is 0. The number of aromatic nitrogens is 4. The summed E-state index contributed by atoms with van der Waals surface area (Å²) in [6.45, 7) is 4.42. The Hall–Kier alpha value is -3.49. The Morgan fingerprint density at radius 1 is 1.38 bits per heavy atom. The van der Waals surface area contributed by atoms with Crippen LogP contribution < -0.4 is 10.9 Å². The number of pyridine rings is 1. The van der Waals surface area contributed by atoms with Crippen molar-refractivity contribution >= 4 is 17.5 Å². The van der Waals surface area contributed by atoms with Crippen LogP contribution >= 0.6 is 0 Å². The maximum atomic E-state index is 12.7. The number of fused-ring (bicyclic) bond motifs is 1. The Labute approximate surface area is 166 Å². The molecule has 1 fully saturated rings. The fraction of sp³-hybridized carbons (Fsp3) is 0.350. The van der Waals surface area contributed by atoms with Gasteiger partial charge in [-0.15, -0.1) is 0 Å². The number of nitrogens with one attached hydrogen (secondary N) is 2. The molecule has 1 saturated heterocycles. The van der Waals surface area contributed by atoms with Crippen LogP contribution in [0.2, 0.25) is 0 Å². The first-order valence-electron chi connectivity index (χ1n) is 9.47. The molecule has 0 radical (unpaired) electrons. The van der Waals surface area contributed by atoms with Crippen LogP contribution in [0.3, 0.4) is 0 Å². The molecule has 29 heavy (non-hydrogen) atoms. The van der Waals surface area contributed by atoms with Gasteiger partial charge >= 0.3 is 0 Å². The molecule has 0 saturated carbocycles. The lowest BCUT2D eigenvalue weighted by atomic mass is 10.1. The molecule has 0 bridgehead atoms. The van der Waals surface area contributed by atoms with E-state index in [2.05, 4.69) is 20.4 Å². The molecule has 3 aromatic heterocycles. The molecule has 9 heteroatoms. The van der Waals surface area contributed by atoms with Crippen LogP contribution in [0.15, 0.2) is 41.5 Å². The van der Waals surface area contributed by atoms with Crippen molar-refractivity contribution in [1.82, 2.24) is 29.8 Å². The number of rotatable bonds is 5. The zero-order chi connectivity index (χ0) is 20.5. The van der Waals surface area contributed by atoms with Crippen LogP contribution in [0, 0.1) is 12.8 Å². The van der Waals surface area contributed by atoms with E-state index in [9.17, 15) is 14.4 Å². The molecule has 2 N–H and O–H groups in total. The molecule has 3 aromatic rings. The topological polar surface area (TPSA) is 112 Å². The van der Waals surface area contributed by atoms with Crippen molar-refractivity contribution in [3.63, 3.8) is 0 Å². The van der Waals surface area contributed by atoms with E-state index in [0.717, 1.165) is 11.3 Å². The fourth-order valence-corrected chi connectivity index (χ4v) is 3.57. The Kier molecular flexibility index (Phi) is 4.87. The number of nitrogens with zero attached hydrogens (tertiary/aromatic N) is 4. The molecule has 1 aliphatic rings. The largest absolute Gasteiger partial charge is 0.348 e. The summed E-state index contributed by atoms with van der Waals surface area (Å²) in [6, 6.07) is 6.45. The van der Waals surface area contributed by atoms with Gasteiger partial charge in [-0.05, 0) is 25.5 Å². The molecule has 0 spiro atoms. The molecule has 0 aromatic carbocycles. The molecule has 1 aliphatic heterocycles. The van der Waals surface area contributed by atoms with Gasteiger partial charge in [0.2, 0.25) is 11.8 Å². The number of aromatic amines is 1. The van der Waals surface area contributed by atoms with Crippen LogP contribution in [0.4, 0.5) is 0 Å². The Bertz CT molecular complexity index is 1120. The standard InChI is InChI=1S/C20H22N6O3/c1-12-6-17-23-16(8-19(28)26(17)24-12)13(2)22-20(29)15-7-18(27)25(11-15)10-14-4-3-5-21-9-14/h3-6,8-9,13,15,24H,7,10-11H2,1-2H3,(H,22,29). The quantitative estimate of drug-likeness (QED) is 0.669. The van der Waals surface area contributed by atoms with E-state index in [1.54, 1.807) is 30.3 Å². The highest BCUT2D eigenvalue weighted by atomic mass is 16.2. The normalized spacial score (nSPS) is 17.7. The molecular formula is C20H22N6O3. The van der Waals surface area contributed by atoms with E-state index >= 15 is 0 Å². The summed E-state index contributed by atoms with van der Waals surface area (Å²) < 4.78 is 1.36. The average molecular weight is 394 g/mol. The van der Waals surface area contributed by atoms with Gasteiger partial charge in [0.1, 0.15) is 0 Å². The number of carbonyl (C=O) groups excluding carboxylic acids is 2. The lowest BCUT2D eigenvalue weighted by Crippen LogP contribution is -2.35. The SMILES string of the molecule is Cc1cc2nc(C(C)NC(=O)C3CC(=O)N(Cc4cccnc4)C3)cc(=O)n2[nH]1. The van der Waals surface area contributed by atoms with Crippen LogP contribution in [-0.4, -0.2) is 42.8 Å². The number of hydrogen-bond acceptors (Lipinski definition) is 5. The van der Waals surface area contributed by atoms with Crippen molar-refractivity contribution in [2.75, 3.05) is 6.54 Å². The highest BCUT2D eigenvalue weighted by Gasteiger charge is 2.34. The highest BCUT2D eigenvalue weighted by molar-refractivity contribution is 5.89. The van der Waals surface area contributed by atoms with Gasteiger partial charge in [0.05, 0.1) is 17.7 Å². The summed E-state index contributed by atoms with van der Waals surface area (Å²) in [4.78, 5) is 47.4. The second-order valence-electron chi connectivity index (χ2n) is 7.42. The predicted octanol–water partition coefficient (Wildman–Crippen LogP) is 0.952. The molecule has 150 valence electrons. The second-order valence-corrected chi connectivity index (χ2v) is 7.42. The molecule has 2 unspecified atom stereocenters. The number of hydrogen-bond donors (Lipinski definition) is 2. The molecule has 0 aliphatic carbocycles. The van der Waals surface area contributed by atoms with Crippen molar-refractivity contribution in [3.8, 4) is 0 Å². The fourth-order valence-electron chi connectivity index (χ4n) is 3.57. The third kappa shape index (κ3) is 3.89. The summed E-state index contributed by atoms with van der Waals surface area (Å²) in [5.41, 5.74) is 2.50. The van der Waals surface area contributed by atoms with Gasteiger partial charge in [-0.25, -0.2) is 9.50 Å². The van der Waals surface area contributed by atoms with Gasteiger partial charge < -0.3 is 10.2 Å². The number of aryl methyl sites for hydroxylation is 1. The first kappa shape index (κ1) is 18.9. The summed E-state index contributed by atoms with van der Waals surface area (Å²) in [5.74, 6) is -0.699. The molecular weight excluding hydrogens is 372 g/mol.